The lowest BCUT2D eigenvalue weighted by Crippen LogP contribution is -2.35. The molecule has 1 aromatic rings. The van der Waals surface area contributed by atoms with Gasteiger partial charge in [-0.05, 0) is 11.4 Å². The number of carbonyl (C=O) groups excluding carboxylic acids is 2. The predicted octanol–water partition coefficient (Wildman–Crippen LogP) is 0.735. The van der Waals surface area contributed by atoms with Gasteiger partial charge in [-0.3, -0.25) is 10.1 Å². The van der Waals surface area contributed by atoms with E-state index >= 15 is 0 Å². The molecule has 0 aliphatic carbocycles. The summed E-state index contributed by atoms with van der Waals surface area (Å²) in [6, 6.07) is 4.79. The number of amides is 3. The third kappa shape index (κ3) is 2.38. The number of hydrogen-bond acceptors (Lipinski definition) is 4. The molecule has 0 saturated carbocycles. The van der Waals surface area contributed by atoms with Crippen LogP contribution in [0.1, 0.15) is 4.88 Å². The van der Waals surface area contributed by atoms with E-state index in [1.807, 2.05) is 23.6 Å². The number of nitriles is 1. The highest BCUT2D eigenvalue weighted by Gasteiger charge is 2.39. The van der Waals surface area contributed by atoms with Crippen molar-refractivity contribution in [2.24, 2.45) is 0 Å². The molecule has 6 heteroatoms. The van der Waals surface area contributed by atoms with Gasteiger partial charge in [0.2, 0.25) is 5.91 Å². The fourth-order valence-electron chi connectivity index (χ4n) is 1.28. The molecular formula is C10H9N3O2S. The summed E-state index contributed by atoms with van der Waals surface area (Å²) in [5.41, 5.74) is 0. The van der Waals surface area contributed by atoms with Gasteiger partial charge < -0.3 is 4.90 Å². The Morgan fingerprint density at radius 3 is 3.06 bits per heavy atom. The topological polar surface area (TPSA) is 73.0 Å². The van der Waals surface area contributed by atoms with Gasteiger partial charge >= 0.3 is 6.03 Å². The summed E-state index contributed by atoms with van der Waals surface area (Å²) in [5, 5.41) is 12.6. The van der Waals surface area contributed by atoms with Crippen molar-refractivity contribution in [3.05, 3.63) is 22.4 Å². The highest BCUT2D eigenvalue weighted by Crippen LogP contribution is 2.15. The fourth-order valence-corrected chi connectivity index (χ4v) is 1.98. The van der Waals surface area contributed by atoms with Crippen LogP contribution in [0.25, 0.3) is 0 Å². The van der Waals surface area contributed by atoms with Gasteiger partial charge in [-0.15, -0.1) is 11.3 Å². The molecule has 1 aromatic heterocycles. The van der Waals surface area contributed by atoms with E-state index in [1.54, 1.807) is 0 Å². The van der Waals surface area contributed by atoms with E-state index < -0.39 is 6.03 Å². The van der Waals surface area contributed by atoms with Crippen molar-refractivity contribution in [3.63, 3.8) is 0 Å². The summed E-state index contributed by atoms with van der Waals surface area (Å²) in [6.07, 6.45) is 0.203. The van der Waals surface area contributed by atoms with E-state index in [1.165, 1.54) is 16.2 Å². The number of thiophene rings is 1. The first kappa shape index (κ1) is 10.6. The van der Waals surface area contributed by atoms with Gasteiger partial charge in [0.25, 0.3) is 0 Å². The zero-order chi connectivity index (χ0) is 11.5. The predicted molar refractivity (Wildman–Crippen MR) is 57.7 cm³/mol. The van der Waals surface area contributed by atoms with E-state index in [9.17, 15) is 9.59 Å². The van der Waals surface area contributed by atoms with Crippen LogP contribution in [0.4, 0.5) is 4.79 Å². The van der Waals surface area contributed by atoms with E-state index in [0.29, 0.717) is 6.54 Å². The number of urea groups is 1. The molecule has 82 valence electrons. The van der Waals surface area contributed by atoms with Gasteiger partial charge in [0.05, 0.1) is 19.0 Å². The van der Waals surface area contributed by atoms with E-state index in [0.717, 1.165) is 4.88 Å². The molecule has 1 atom stereocenters. The first-order valence-corrected chi connectivity index (χ1v) is 5.61. The Morgan fingerprint density at radius 2 is 2.50 bits per heavy atom. The Labute approximate surface area is 96.3 Å². The standard InChI is InChI=1S/C10H9N3O2S/c11-5-7-6-13(7)10(15)12-9(14)4-8-2-1-3-16-8/h1-3,7H,4,6H2,(H,12,14,15). The number of nitrogens with one attached hydrogen (secondary N) is 1. The Bertz CT molecular complexity index is 449. The number of nitrogens with zero attached hydrogens (tertiary/aromatic N) is 2. The highest BCUT2D eigenvalue weighted by atomic mass is 32.1. The van der Waals surface area contributed by atoms with E-state index in [2.05, 4.69) is 5.32 Å². The van der Waals surface area contributed by atoms with Crippen molar-refractivity contribution in [1.82, 2.24) is 10.2 Å². The molecule has 16 heavy (non-hydrogen) atoms. The fraction of sp³-hybridized carbons (Fsp3) is 0.300. The zero-order valence-corrected chi connectivity index (χ0v) is 9.16. The molecule has 1 saturated heterocycles. The average Bonchev–Trinajstić information content (AvgIpc) is 2.89. The second-order valence-electron chi connectivity index (χ2n) is 3.41. The van der Waals surface area contributed by atoms with Gasteiger partial charge in [-0.2, -0.15) is 5.26 Å². The third-order valence-electron chi connectivity index (χ3n) is 2.18. The normalized spacial score (nSPS) is 17.7. The molecule has 1 aliphatic rings. The molecule has 5 nitrogen and oxygen atoms in total. The van der Waals surface area contributed by atoms with Gasteiger partial charge in [0.1, 0.15) is 6.04 Å². The summed E-state index contributed by atoms with van der Waals surface area (Å²) in [6.45, 7) is 0.411. The number of carbonyl (C=O) groups is 2. The Morgan fingerprint density at radius 1 is 1.69 bits per heavy atom. The first-order valence-electron chi connectivity index (χ1n) is 4.73. The SMILES string of the molecule is N#CC1CN1C(=O)NC(=O)Cc1cccs1. The molecule has 2 rings (SSSR count). The van der Waals surface area contributed by atoms with E-state index in [-0.39, 0.29) is 18.4 Å². The zero-order valence-electron chi connectivity index (χ0n) is 8.34. The number of rotatable bonds is 2. The second-order valence-corrected chi connectivity index (χ2v) is 4.44. The van der Waals surface area contributed by atoms with Gasteiger partial charge in [-0.1, -0.05) is 6.07 Å². The Kier molecular flexibility index (Phi) is 2.88. The number of imide groups is 1. The molecule has 3 amide bonds. The maximum Gasteiger partial charge on any atom is 0.325 e. The molecule has 1 fully saturated rings. The lowest BCUT2D eigenvalue weighted by molar-refractivity contribution is -0.119. The molecule has 1 aliphatic heterocycles. The molecular weight excluding hydrogens is 226 g/mol. The molecule has 1 N–H and O–H groups in total. The van der Waals surface area contributed by atoms with Crippen molar-refractivity contribution in [2.45, 2.75) is 12.5 Å². The summed E-state index contributed by atoms with van der Waals surface area (Å²) < 4.78 is 0. The van der Waals surface area contributed by atoms with E-state index in [4.69, 9.17) is 5.26 Å². The smallest absolute Gasteiger partial charge is 0.303 e. The summed E-state index contributed by atoms with van der Waals surface area (Å²) in [4.78, 5) is 25.0. The maximum atomic E-state index is 11.4. The molecule has 1 unspecified atom stereocenters. The Balaban J connectivity index is 1.80. The molecule has 2 heterocycles. The van der Waals surface area contributed by atoms with Gasteiger partial charge in [0.15, 0.2) is 0 Å². The largest absolute Gasteiger partial charge is 0.325 e. The van der Waals surface area contributed by atoms with Crippen molar-refractivity contribution in [2.75, 3.05) is 6.54 Å². The van der Waals surface area contributed by atoms with Crippen LogP contribution in [0.5, 0.6) is 0 Å². The van der Waals surface area contributed by atoms with Gasteiger partial charge in [0, 0.05) is 4.88 Å². The van der Waals surface area contributed by atoms with Crippen LogP contribution in [-0.2, 0) is 11.2 Å². The summed E-state index contributed by atoms with van der Waals surface area (Å²) in [7, 11) is 0. The Hall–Kier alpha value is -1.87. The molecule has 0 spiro atoms. The summed E-state index contributed by atoms with van der Waals surface area (Å²) >= 11 is 1.47. The molecule has 0 bridgehead atoms. The lowest BCUT2D eigenvalue weighted by Gasteiger charge is -2.03. The van der Waals surface area contributed by atoms with Crippen LogP contribution >= 0.6 is 11.3 Å². The van der Waals surface area contributed by atoms with Crippen molar-refractivity contribution in [3.8, 4) is 6.07 Å². The third-order valence-corrected chi connectivity index (χ3v) is 3.06. The van der Waals surface area contributed by atoms with Crippen LogP contribution in [0.2, 0.25) is 0 Å². The van der Waals surface area contributed by atoms with Crippen molar-refractivity contribution in [1.29, 1.82) is 5.26 Å². The minimum absolute atomic E-state index is 0.203. The monoisotopic (exact) mass is 235 g/mol. The lowest BCUT2D eigenvalue weighted by atomic mass is 10.3. The minimum atomic E-state index is -0.479. The van der Waals surface area contributed by atoms with Crippen molar-refractivity contribution >= 4 is 23.3 Å². The van der Waals surface area contributed by atoms with Crippen molar-refractivity contribution < 1.29 is 9.59 Å². The molecule has 0 aromatic carbocycles. The van der Waals surface area contributed by atoms with Crippen LogP contribution in [-0.4, -0.2) is 29.4 Å². The van der Waals surface area contributed by atoms with Gasteiger partial charge in [-0.25, -0.2) is 4.79 Å². The molecule has 0 radical (unpaired) electrons. The van der Waals surface area contributed by atoms with Crippen LogP contribution in [0, 0.1) is 11.3 Å². The highest BCUT2D eigenvalue weighted by molar-refractivity contribution is 7.10. The van der Waals surface area contributed by atoms with Crippen LogP contribution in [0.3, 0.4) is 0 Å². The average molecular weight is 235 g/mol. The quantitative estimate of drug-likeness (QED) is 0.768. The van der Waals surface area contributed by atoms with Crippen LogP contribution in [0.15, 0.2) is 17.5 Å². The van der Waals surface area contributed by atoms with Crippen LogP contribution < -0.4 is 5.32 Å². The second kappa shape index (κ2) is 4.33. The maximum absolute atomic E-state index is 11.4. The minimum Gasteiger partial charge on any atom is -0.303 e. The summed E-state index contributed by atoms with van der Waals surface area (Å²) in [5.74, 6) is -0.337. The number of hydrogen-bond donors (Lipinski definition) is 1. The first-order chi connectivity index (χ1) is 7.70.